The minimum Gasteiger partial charge on any atom is -0.291 e. The summed E-state index contributed by atoms with van der Waals surface area (Å²) in [4.78, 5) is 22.9. The summed E-state index contributed by atoms with van der Waals surface area (Å²) in [5.41, 5.74) is 0.831. The van der Waals surface area contributed by atoms with Crippen LogP contribution in [0.5, 0.6) is 0 Å². The molecule has 5 heteroatoms. The number of hydrogen-bond donors (Lipinski definition) is 0. The molecule has 0 spiro atoms. The molecule has 0 saturated carbocycles. The van der Waals surface area contributed by atoms with Crippen LogP contribution in [-0.2, 0) is 28.6 Å². The summed E-state index contributed by atoms with van der Waals surface area (Å²) in [5.74, 6) is -0.763. The minimum absolute atomic E-state index is 0.120. The molecular weight excluding hydrogens is 269 g/mol. The zero-order chi connectivity index (χ0) is 14.8. The van der Waals surface area contributed by atoms with E-state index in [0.29, 0.717) is 31.2 Å². The average Bonchev–Trinajstić information content (AvgIpc) is 2.38. The molecule has 0 unspecified atom stereocenters. The number of benzene rings is 1. The molecule has 0 heterocycles. The summed E-state index contributed by atoms with van der Waals surface area (Å²) < 4.78 is 38.1. The van der Waals surface area contributed by atoms with E-state index in [2.05, 4.69) is 0 Å². The lowest BCUT2D eigenvalue weighted by molar-refractivity contribution is -0.137. The fourth-order valence-corrected chi connectivity index (χ4v) is 2.44. The van der Waals surface area contributed by atoms with Crippen LogP contribution in [0.25, 0.3) is 0 Å². The number of alkyl halides is 3. The van der Waals surface area contributed by atoms with Gasteiger partial charge in [0.25, 0.3) is 0 Å². The maximum absolute atomic E-state index is 12.7. The zero-order valence-electron chi connectivity index (χ0n) is 10.9. The standard InChI is InChI=1S/C15H15F3O2/c16-15(17,18)12-8-7-10-3-1-5-13(19)14(20)6-2-4-11(10)9-12/h7-9H,1-6H2. The minimum atomic E-state index is -4.35. The maximum Gasteiger partial charge on any atom is 0.416 e. The van der Waals surface area contributed by atoms with E-state index >= 15 is 0 Å². The van der Waals surface area contributed by atoms with Gasteiger partial charge in [-0.25, -0.2) is 0 Å². The number of carbonyl (C=O) groups is 2. The predicted molar refractivity (Wildman–Crippen MR) is 67.3 cm³/mol. The first kappa shape index (κ1) is 14.8. The zero-order valence-corrected chi connectivity index (χ0v) is 10.9. The lowest BCUT2D eigenvalue weighted by Gasteiger charge is -2.15. The van der Waals surface area contributed by atoms with Gasteiger partial charge in [0.15, 0.2) is 11.6 Å². The molecule has 0 aromatic heterocycles. The smallest absolute Gasteiger partial charge is 0.291 e. The fourth-order valence-electron chi connectivity index (χ4n) is 2.44. The van der Waals surface area contributed by atoms with Gasteiger partial charge < -0.3 is 0 Å². The molecule has 0 N–H and O–H groups in total. The van der Waals surface area contributed by atoms with Crippen LogP contribution < -0.4 is 0 Å². The summed E-state index contributed by atoms with van der Waals surface area (Å²) in [6, 6.07) is 3.74. The number of fused-ring (bicyclic) bond motifs is 1. The Morgan fingerprint density at radius 3 is 1.90 bits per heavy atom. The number of rotatable bonds is 0. The lowest BCUT2D eigenvalue weighted by atomic mass is 9.92. The summed E-state index contributed by atoms with van der Waals surface area (Å²) in [7, 11) is 0. The van der Waals surface area contributed by atoms with E-state index in [1.165, 1.54) is 12.1 Å². The van der Waals surface area contributed by atoms with Crippen LogP contribution in [0.15, 0.2) is 18.2 Å². The summed E-state index contributed by atoms with van der Waals surface area (Å²) in [6.07, 6.45) is -2.20. The van der Waals surface area contributed by atoms with Crippen LogP contribution in [0.3, 0.4) is 0 Å². The summed E-state index contributed by atoms with van der Waals surface area (Å²) in [6.45, 7) is 0. The summed E-state index contributed by atoms with van der Waals surface area (Å²) >= 11 is 0. The van der Waals surface area contributed by atoms with Gasteiger partial charge in [0.05, 0.1) is 5.56 Å². The van der Waals surface area contributed by atoms with Crippen molar-refractivity contribution >= 4 is 11.6 Å². The first-order valence-electron chi connectivity index (χ1n) is 6.63. The van der Waals surface area contributed by atoms with Gasteiger partial charge in [0, 0.05) is 12.8 Å². The summed E-state index contributed by atoms with van der Waals surface area (Å²) in [5, 5.41) is 0. The topological polar surface area (TPSA) is 34.1 Å². The molecule has 0 bridgehead atoms. The maximum atomic E-state index is 12.7. The van der Waals surface area contributed by atoms with Gasteiger partial charge in [-0.05, 0) is 48.9 Å². The number of halogens is 3. The molecule has 20 heavy (non-hydrogen) atoms. The number of aryl methyl sites for hydroxylation is 2. The molecular formula is C15H15F3O2. The highest BCUT2D eigenvalue weighted by Crippen LogP contribution is 2.31. The molecule has 0 atom stereocenters. The van der Waals surface area contributed by atoms with Gasteiger partial charge in [0.1, 0.15) is 0 Å². The third-order valence-corrected chi connectivity index (χ3v) is 3.54. The highest BCUT2D eigenvalue weighted by molar-refractivity contribution is 6.37. The molecule has 1 aromatic rings. The highest BCUT2D eigenvalue weighted by Gasteiger charge is 2.31. The first-order chi connectivity index (χ1) is 9.38. The van der Waals surface area contributed by atoms with Gasteiger partial charge in [-0.2, -0.15) is 13.2 Å². The van der Waals surface area contributed by atoms with Crippen molar-refractivity contribution in [3.05, 3.63) is 34.9 Å². The van der Waals surface area contributed by atoms with E-state index < -0.39 is 17.5 Å². The van der Waals surface area contributed by atoms with Crippen molar-refractivity contribution in [3.8, 4) is 0 Å². The Morgan fingerprint density at radius 2 is 1.35 bits per heavy atom. The van der Waals surface area contributed by atoms with Crippen molar-refractivity contribution in [3.63, 3.8) is 0 Å². The van der Waals surface area contributed by atoms with Crippen LogP contribution in [0.4, 0.5) is 13.2 Å². The predicted octanol–water partition coefficient (Wildman–Crippen LogP) is 3.50. The van der Waals surface area contributed by atoms with Crippen molar-refractivity contribution in [1.29, 1.82) is 0 Å². The van der Waals surface area contributed by atoms with Gasteiger partial charge >= 0.3 is 6.18 Å². The average molecular weight is 284 g/mol. The molecule has 2 rings (SSSR count). The Morgan fingerprint density at radius 1 is 0.800 bits per heavy atom. The second-order valence-electron chi connectivity index (χ2n) is 5.03. The number of carbonyl (C=O) groups excluding carboxylic acids is 2. The van der Waals surface area contributed by atoms with E-state index in [1.807, 2.05) is 0 Å². The number of ketones is 2. The van der Waals surface area contributed by atoms with Crippen LogP contribution in [0, 0.1) is 0 Å². The van der Waals surface area contributed by atoms with Gasteiger partial charge in [0.2, 0.25) is 0 Å². The number of hydrogen-bond acceptors (Lipinski definition) is 2. The Labute approximate surface area is 115 Å². The van der Waals surface area contributed by atoms with Gasteiger partial charge in [-0.3, -0.25) is 9.59 Å². The lowest BCUT2D eigenvalue weighted by Crippen LogP contribution is -2.15. The van der Waals surface area contributed by atoms with E-state index in [0.717, 1.165) is 11.6 Å². The second-order valence-corrected chi connectivity index (χ2v) is 5.03. The van der Waals surface area contributed by atoms with Crippen molar-refractivity contribution in [1.82, 2.24) is 0 Å². The van der Waals surface area contributed by atoms with Crippen molar-refractivity contribution in [2.24, 2.45) is 0 Å². The molecule has 1 aromatic carbocycles. The molecule has 0 fully saturated rings. The molecule has 1 aliphatic carbocycles. The monoisotopic (exact) mass is 284 g/mol. The Hall–Kier alpha value is -1.65. The van der Waals surface area contributed by atoms with Crippen molar-refractivity contribution in [2.45, 2.75) is 44.7 Å². The van der Waals surface area contributed by atoms with Crippen molar-refractivity contribution in [2.75, 3.05) is 0 Å². The van der Waals surface area contributed by atoms with E-state index in [-0.39, 0.29) is 18.6 Å². The molecule has 0 amide bonds. The van der Waals surface area contributed by atoms with Crippen LogP contribution in [-0.4, -0.2) is 11.6 Å². The third-order valence-electron chi connectivity index (χ3n) is 3.54. The quantitative estimate of drug-likeness (QED) is 0.683. The molecule has 1 aliphatic rings. The Balaban J connectivity index is 2.26. The SMILES string of the molecule is O=C1CCCc2ccc(C(F)(F)F)cc2CCCC1=O. The van der Waals surface area contributed by atoms with Gasteiger partial charge in [-0.15, -0.1) is 0 Å². The first-order valence-corrected chi connectivity index (χ1v) is 6.63. The molecule has 0 aliphatic heterocycles. The fraction of sp³-hybridized carbons (Fsp3) is 0.467. The molecule has 0 radical (unpaired) electrons. The molecule has 108 valence electrons. The second kappa shape index (κ2) is 5.77. The van der Waals surface area contributed by atoms with Crippen LogP contribution >= 0.6 is 0 Å². The van der Waals surface area contributed by atoms with Crippen molar-refractivity contribution < 1.29 is 22.8 Å². The molecule has 2 nitrogen and oxygen atoms in total. The van der Waals surface area contributed by atoms with Crippen LogP contribution in [0.2, 0.25) is 0 Å². The highest BCUT2D eigenvalue weighted by atomic mass is 19.4. The van der Waals surface area contributed by atoms with Crippen LogP contribution in [0.1, 0.15) is 42.4 Å². The Bertz CT molecular complexity index is 532. The largest absolute Gasteiger partial charge is 0.416 e. The molecule has 0 saturated heterocycles. The van der Waals surface area contributed by atoms with E-state index in [9.17, 15) is 22.8 Å². The van der Waals surface area contributed by atoms with E-state index in [1.54, 1.807) is 0 Å². The van der Waals surface area contributed by atoms with E-state index in [4.69, 9.17) is 0 Å². The van der Waals surface area contributed by atoms with Gasteiger partial charge in [-0.1, -0.05) is 6.07 Å². The normalized spacial score (nSPS) is 17.8. The third kappa shape index (κ3) is 3.46. The Kier molecular flexibility index (Phi) is 4.26. The number of Topliss-reactive ketones (excluding diaryl/α,β-unsaturated/α-hetero) is 2.